The molecule has 4 amide bonds. The highest BCUT2D eigenvalue weighted by atomic mass is 35.5. The van der Waals surface area contributed by atoms with E-state index in [0.29, 0.717) is 34.9 Å². The molecule has 2 aliphatic rings. The fraction of sp³-hybridized carbons (Fsp3) is 0.520. The quantitative estimate of drug-likeness (QED) is 0.404. The maximum Gasteiger partial charge on any atom is 0.243 e. The van der Waals surface area contributed by atoms with E-state index in [1.54, 1.807) is 18.2 Å². The van der Waals surface area contributed by atoms with E-state index >= 15 is 0 Å². The summed E-state index contributed by atoms with van der Waals surface area (Å²) < 4.78 is 0. The number of fused-ring (bicyclic) bond motifs is 1. The molecule has 1 saturated heterocycles. The van der Waals surface area contributed by atoms with Gasteiger partial charge in [0.15, 0.2) is 0 Å². The molecule has 0 saturated carbocycles. The second-order valence-corrected chi connectivity index (χ2v) is 9.92. The highest BCUT2D eigenvalue weighted by Crippen LogP contribution is 2.35. The van der Waals surface area contributed by atoms with E-state index in [0.717, 1.165) is 0 Å². The van der Waals surface area contributed by atoms with Gasteiger partial charge in [-0.2, -0.15) is 0 Å². The van der Waals surface area contributed by atoms with E-state index in [2.05, 4.69) is 5.32 Å². The van der Waals surface area contributed by atoms with Crippen molar-refractivity contribution < 1.29 is 19.2 Å². The molecule has 184 valence electrons. The van der Waals surface area contributed by atoms with Crippen LogP contribution in [0.2, 0.25) is 10.0 Å². The Morgan fingerprint density at radius 3 is 2.26 bits per heavy atom. The van der Waals surface area contributed by atoms with Gasteiger partial charge < -0.3 is 10.2 Å². The van der Waals surface area contributed by atoms with Gasteiger partial charge in [0.1, 0.15) is 6.04 Å². The van der Waals surface area contributed by atoms with Gasteiger partial charge in [-0.15, -0.1) is 0 Å². The summed E-state index contributed by atoms with van der Waals surface area (Å²) in [4.78, 5) is 54.6. The summed E-state index contributed by atoms with van der Waals surface area (Å²) in [6, 6.07) is 4.18. The Hall–Kier alpha value is -2.38. The van der Waals surface area contributed by atoms with Crippen molar-refractivity contribution in [3.63, 3.8) is 0 Å². The molecule has 0 spiro atoms. The first-order chi connectivity index (χ1) is 16.1. The Kier molecular flexibility index (Phi) is 8.77. The van der Waals surface area contributed by atoms with E-state index in [-0.39, 0.29) is 61.0 Å². The first-order valence-electron chi connectivity index (χ1n) is 11.7. The number of nitrogens with zero attached hydrogens (tertiary/aromatic N) is 2. The molecule has 0 radical (unpaired) electrons. The zero-order valence-corrected chi connectivity index (χ0v) is 21.2. The fourth-order valence-corrected chi connectivity index (χ4v) is 5.04. The van der Waals surface area contributed by atoms with Crippen molar-refractivity contribution >= 4 is 46.8 Å². The van der Waals surface area contributed by atoms with Crippen LogP contribution in [-0.4, -0.2) is 52.1 Å². The molecule has 0 bridgehead atoms. The molecule has 1 aromatic carbocycles. The first kappa shape index (κ1) is 26.2. The number of hydrogen-bond donors (Lipinski definition) is 1. The summed E-state index contributed by atoms with van der Waals surface area (Å²) in [6.45, 7) is 5.64. The van der Waals surface area contributed by atoms with Gasteiger partial charge in [-0.3, -0.25) is 24.1 Å². The van der Waals surface area contributed by atoms with Crippen molar-refractivity contribution in [1.29, 1.82) is 0 Å². The number of carbonyl (C=O) groups is 4. The van der Waals surface area contributed by atoms with Gasteiger partial charge in [0.2, 0.25) is 23.6 Å². The normalized spacial score (nSPS) is 20.5. The molecular weight excluding hydrogens is 477 g/mol. The number of rotatable bonds is 9. The molecule has 0 aromatic heterocycles. The Labute approximate surface area is 210 Å². The molecule has 1 fully saturated rings. The monoisotopic (exact) mass is 507 g/mol. The molecule has 9 heteroatoms. The van der Waals surface area contributed by atoms with Gasteiger partial charge >= 0.3 is 0 Å². The molecular formula is C25H31Cl2N3O4. The van der Waals surface area contributed by atoms with E-state index in [4.69, 9.17) is 23.2 Å². The third-order valence-electron chi connectivity index (χ3n) is 6.32. The predicted octanol–water partition coefficient (Wildman–Crippen LogP) is 3.97. The van der Waals surface area contributed by atoms with Crippen LogP contribution in [0.4, 0.5) is 0 Å². The van der Waals surface area contributed by atoms with Crippen molar-refractivity contribution in [1.82, 2.24) is 15.1 Å². The smallest absolute Gasteiger partial charge is 0.243 e. The molecule has 1 aliphatic heterocycles. The SMILES string of the molecule is CC[C@H](C(=O)NC(C)C)N(Cc1ccc(Cl)cc1Cl)C(=O)CCN1C(=O)[C@H]2CC=CC[C@H]2C1=O. The number of imide groups is 1. The first-order valence-corrected chi connectivity index (χ1v) is 12.4. The van der Waals surface area contributed by atoms with Gasteiger partial charge in [0, 0.05) is 35.6 Å². The third kappa shape index (κ3) is 5.81. The average molecular weight is 508 g/mol. The lowest BCUT2D eigenvalue weighted by atomic mass is 9.85. The number of nitrogens with one attached hydrogen (secondary N) is 1. The third-order valence-corrected chi connectivity index (χ3v) is 6.91. The number of amides is 4. The van der Waals surface area contributed by atoms with Crippen molar-refractivity contribution in [2.75, 3.05) is 6.54 Å². The maximum absolute atomic E-state index is 13.4. The Morgan fingerprint density at radius 2 is 1.74 bits per heavy atom. The van der Waals surface area contributed by atoms with Gasteiger partial charge in [0.05, 0.1) is 11.8 Å². The van der Waals surface area contributed by atoms with Gasteiger partial charge in [-0.25, -0.2) is 0 Å². The van der Waals surface area contributed by atoms with Crippen LogP contribution >= 0.6 is 23.2 Å². The van der Waals surface area contributed by atoms with Gasteiger partial charge in [-0.1, -0.05) is 48.3 Å². The van der Waals surface area contributed by atoms with Crippen LogP contribution in [0.25, 0.3) is 0 Å². The molecule has 7 nitrogen and oxygen atoms in total. The van der Waals surface area contributed by atoms with Crippen molar-refractivity contribution in [2.45, 2.75) is 65.1 Å². The summed E-state index contributed by atoms with van der Waals surface area (Å²) in [6.07, 6.45) is 5.28. The summed E-state index contributed by atoms with van der Waals surface area (Å²) >= 11 is 12.4. The van der Waals surface area contributed by atoms with Crippen molar-refractivity contribution in [3.05, 3.63) is 46.0 Å². The second-order valence-electron chi connectivity index (χ2n) is 9.08. The average Bonchev–Trinajstić information content (AvgIpc) is 3.03. The van der Waals surface area contributed by atoms with E-state index in [1.807, 2.05) is 32.9 Å². The number of likely N-dealkylation sites (tertiary alicyclic amines) is 1. The Balaban J connectivity index is 1.79. The highest BCUT2D eigenvalue weighted by Gasteiger charge is 2.47. The molecule has 34 heavy (non-hydrogen) atoms. The highest BCUT2D eigenvalue weighted by molar-refractivity contribution is 6.35. The number of benzene rings is 1. The lowest BCUT2D eigenvalue weighted by molar-refractivity contribution is -0.144. The van der Waals surface area contributed by atoms with Crippen LogP contribution < -0.4 is 5.32 Å². The van der Waals surface area contributed by atoms with Gasteiger partial charge in [0.25, 0.3) is 0 Å². The molecule has 1 aromatic rings. The maximum atomic E-state index is 13.4. The van der Waals surface area contributed by atoms with Crippen LogP contribution in [0.5, 0.6) is 0 Å². The van der Waals surface area contributed by atoms with E-state index in [9.17, 15) is 19.2 Å². The lowest BCUT2D eigenvalue weighted by Crippen LogP contribution is -2.51. The molecule has 0 unspecified atom stereocenters. The molecule has 1 N–H and O–H groups in total. The topological polar surface area (TPSA) is 86.8 Å². The number of carbonyl (C=O) groups excluding carboxylic acids is 4. The minimum Gasteiger partial charge on any atom is -0.352 e. The summed E-state index contributed by atoms with van der Waals surface area (Å²) in [7, 11) is 0. The molecule has 1 aliphatic carbocycles. The largest absolute Gasteiger partial charge is 0.352 e. The summed E-state index contributed by atoms with van der Waals surface area (Å²) in [5, 5.41) is 3.74. The fourth-order valence-electron chi connectivity index (χ4n) is 4.57. The lowest BCUT2D eigenvalue weighted by Gasteiger charge is -2.32. The predicted molar refractivity (Wildman–Crippen MR) is 131 cm³/mol. The molecule has 3 rings (SSSR count). The minimum atomic E-state index is -0.724. The van der Waals surface area contributed by atoms with E-state index < -0.39 is 6.04 Å². The van der Waals surface area contributed by atoms with Crippen LogP contribution in [0.3, 0.4) is 0 Å². The zero-order chi connectivity index (χ0) is 25.0. The Bertz CT molecular complexity index is 968. The number of hydrogen-bond acceptors (Lipinski definition) is 4. The van der Waals surface area contributed by atoms with Crippen LogP contribution in [-0.2, 0) is 25.7 Å². The molecule has 1 heterocycles. The number of halogens is 2. The second kappa shape index (κ2) is 11.4. The van der Waals surface area contributed by atoms with Crippen LogP contribution in [0.1, 0.15) is 52.0 Å². The van der Waals surface area contributed by atoms with Crippen LogP contribution in [0, 0.1) is 11.8 Å². The van der Waals surface area contributed by atoms with Crippen molar-refractivity contribution in [2.24, 2.45) is 11.8 Å². The minimum absolute atomic E-state index is 0.00339. The van der Waals surface area contributed by atoms with Crippen molar-refractivity contribution in [3.8, 4) is 0 Å². The standard InChI is InChI=1S/C25H31Cl2N3O4/c1-4-21(23(32)28-15(2)3)30(14-16-9-10-17(26)13-20(16)27)22(31)11-12-29-24(33)18-7-5-6-8-19(18)25(29)34/h5-6,9-10,13,15,18-19,21H,4,7-8,11-12,14H2,1-3H3,(H,28,32)/t18-,19+,21-/m1/s1. The molecule has 3 atom stereocenters. The number of allylic oxidation sites excluding steroid dienone is 2. The van der Waals surface area contributed by atoms with Gasteiger partial charge in [-0.05, 0) is 50.8 Å². The Morgan fingerprint density at radius 1 is 1.12 bits per heavy atom. The summed E-state index contributed by atoms with van der Waals surface area (Å²) in [5.41, 5.74) is 0.653. The zero-order valence-electron chi connectivity index (χ0n) is 19.7. The van der Waals surface area contributed by atoms with Crippen LogP contribution in [0.15, 0.2) is 30.4 Å². The summed E-state index contributed by atoms with van der Waals surface area (Å²) in [5.74, 6) is -1.70. The van der Waals surface area contributed by atoms with E-state index in [1.165, 1.54) is 9.80 Å².